The molecule has 0 spiro atoms. The van der Waals surface area contributed by atoms with Crippen molar-refractivity contribution in [3.05, 3.63) is 59.2 Å². The van der Waals surface area contributed by atoms with Crippen LogP contribution in [0.4, 0.5) is 35.1 Å². The third kappa shape index (κ3) is 6.82. The zero-order chi connectivity index (χ0) is 30.2. The molecule has 3 aliphatic carbocycles. The summed E-state index contributed by atoms with van der Waals surface area (Å²) in [5.74, 6) is -5.13. The molecule has 2 aromatic rings. The maximum atomic E-state index is 13.4. The van der Waals surface area contributed by atoms with Gasteiger partial charge in [-0.1, -0.05) is 0 Å². The highest BCUT2D eigenvalue weighted by Crippen LogP contribution is 2.47. The lowest BCUT2D eigenvalue weighted by Gasteiger charge is -2.56. The van der Waals surface area contributed by atoms with Crippen LogP contribution in [0.1, 0.15) is 43.2 Å². The van der Waals surface area contributed by atoms with E-state index in [-0.39, 0.29) is 30.8 Å². The summed E-state index contributed by atoms with van der Waals surface area (Å²) in [5, 5.41) is 16.2. The van der Waals surface area contributed by atoms with Crippen molar-refractivity contribution in [2.24, 2.45) is 0 Å². The minimum Gasteiger partial charge on any atom is -0.484 e. The number of rotatable bonds is 8. The average molecular weight is 596 g/mol. The second-order valence-corrected chi connectivity index (χ2v) is 10.1. The number of aliphatic hydroxyl groups is 1. The lowest BCUT2D eigenvalue weighted by atomic mass is 9.60. The van der Waals surface area contributed by atoms with Crippen LogP contribution >= 0.6 is 0 Å². The number of aliphatic hydroxyl groups excluding tert-OH is 1. The Labute approximate surface area is 227 Å². The topological polar surface area (TPSA) is 96.9 Å². The van der Waals surface area contributed by atoms with Crippen LogP contribution in [0.15, 0.2) is 36.4 Å². The number of alkyl halides is 6. The highest BCUT2D eigenvalue weighted by molar-refractivity contribution is 5.79. The van der Waals surface area contributed by atoms with E-state index in [1.165, 1.54) is 0 Å². The second-order valence-electron chi connectivity index (χ2n) is 10.1. The lowest BCUT2D eigenvalue weighted by molar-refractivity contribution is -0.141. The van der Waals surface area contributed by atoms with E-state index in [4.69, 9.17) is 9.47 Å². The molecule has 224 valence electrons. The molecule has 3 aliphatic rings. The summed E-state index contributed by atoms with van der Waals surface area (Å²) in [6.45, 7) is -1.37. The van der Waals surface area contributed by atoms with Crippen molar-refractivity contribution in [2.45, 2.75) is 61.6 Å². The van der Waals surface area contributed by atoms with Crippen LogP contribution in [-0.4, -0.2) is 47.3 Å². The Morgan fingerprint density at radius 1 is 0.780 bits per heavy atom. The molecule has 0 aliphatic heterocycles. The summed E-state index contributed by atoms with van der Waals surface area (Å²) in [6.07, 6.45) is -9.91. The molecule has 2 bridgehead atoms. The van der Waals surface area contributed by atoms with Crippen molar-refractivity contribution >= 4 is 11.8 Å². The van der Waals surface area contributed by atoms with Crippen LogP contribution in [0.2, 0.25) is 0 Å². The summed E-state index contributed by atoms with van der Waals surface area (Å²) in [5.41, 5.74) is -5.03. The molecule has 2 amide bonds. The first-order valence-electron chi connectivity index (χ1n) is 12.3. The Morgan fingerprint density at radius 2 is 1.22 bits per heavy atom. The zero-order valence-electron chi connectivity index (χ0n) is 21.1. The lowest BCUT2D eigenvalue weighted by Crippen LogP contribution is -2.70. The van der Waals surface area contributed by atoms with Gasteiger partial charge in [-0.15, -0.1) is 0 Å². The van der Waals surface area contributed by atoms with Gasteiger partial charge in [0.05, 0.1) is 22.8 Å². The molecule has 0 heterocycles. The maximum absolute atomic E-state index is 13.4. The molecule has 15 heteroatoms. The Kier molecular flexibility index (Phi) is 8.13. The van der Waals surface area contributed by atoms with Crippen molar-refractivity contribution in [1.82, 2.24) is 10.6 Å². The standard InChI is InChI=1S/C26H24F8N2O5/c27-18-3-1-14(9-16(18)25(29,30)31)40-12-21(38)35-23-5-7-24(8-6-23,20(37)11-23)36-22(39)13-41-15-2-4-19(28)17(10-15)26(32,33)34/h1-4,9-10,20,37H,5-8,11-13H2,(H,35,38)(H,36,39)/t20-,23?,24?/m0/s1. The highest BCUT2D eigenvalue weighted by atomic mass is 19.4. The van der Waals surface area contributed by atoms with Crippen LogP contribution in [0, 0.1) is 11.6 Å². The van der Waals surface area contributed by atoms with Crippen LogP contribution < -0.4 is 20.1 Å². The summed E-state index contributed by atoms with van der Waals surface area (Å²) in [4.78, 5) is 25.0. The Bertz CT molecular complexity index is 1310. The second kappa shape index (κ2) is 11.0. The number of nitrogens with one attached hydrogen (secondary N) is 2. The number of benzene rings is 2. The molecule has 0 saturated heterocycles. The number of halogens is 8. The first-order valence-corrected chi connectivity index (χ1v) is 12.3. The molecule has 0 aromatic heterocycles. The molecule has 7 nitrogen and oxygen atoms in total. The van der Waals surface area contributed by atoms with Gasteiger partial charge in [0, 0.05) is 5.54 Å². The Morgan fingerprint density at radius 3 is 1.63 bits per heavy atom. The van der Waals surface area contributed by atoms with Gasteiger partial charge in [0.15, 0.2) is 13.2 Å². The maximum Gasteiger partial charge on any atom is 0.419 e. The van der Waals surface area contributed by atoms with Crippen LogP contribution in [-0.2, 0) is 21.9 Å². The van der Waals surface area contributed by atoms with Crippen molar-refractivity contribution in [2.75, 3.05) is 13.2 Å². The zero-order valence-corrected chi connectivity index (χ0v) is 21.1. The first kappa shape index (κ1) is 30.3. The van der Waals surface area contributed by atoms with Gasteiger partial charge in [-0.25, -0.2) is 8.78 Å². The van der Waals surface area contributed by atoms with Gasteiger partial charge in [-0.05, 0) is 68.5 Å². The fourth-order valence-electron chi connectivity index (χ4n) is 5.23. The van der Waals surface area contributed by atoms with E-state index in [2.05, 4.69) is 10.6 Å². The summed E-state index contributed by atoms with van der Waals surface area (Å²) in [7, 11) is 0. The number of amides is 2. The SMILES string of the molecule is O=C(COc1ccc(F)c(C(F)(F)F)c1)NC12CCC(NC(=O)COc3ccc(F)c(C(F)(F)F)c3)(CC1)[C@@H](O)C2. The summed E-state index contributed by atoms with van der Waals surface area (Å²) < 4.78 is 114. The molecule has 1 atom stereocenters. The van der Waals surface area contributed by atoms with E-state index in [0.717, 1.165) is 12.1 Å². The van der Waals surface area contributed by atoms with Crippen LogP contribution in [0.25, 0.3) is 0 Å². The Hall–Kier alpha value is -3.62. The molecule has 41 heavy (non-hydrogen) atoms. The summed E-state index contributed by atoms with van der Waals surface area (Å²) in [6, 6.07) is 3.91. The normalized spacial score (nSPS) is 24.1. The van der Waals surface area contributed by atoms with Gasteiger partial charge in [0.2, 0.25) is 0 Å². The highest BCUT2D eigenvalue weighted by Gasteiger charge is 2.55. The number of carbonyl (C=O) groups is 2. The van der Waals surface area contributed by atoms with E-state index >= 15 is 0 Å². The fourth-order valence-corrected chi connectivity index (χ4v) is 5.23. The molecule has 3 saturated carbocycles. The van der Waals surface area contributed by atoms with Gasteiger partial charge in [0.1, 0.15) is 23.1 Å². The summed E-state index contributed by atoms with van der Waals surface area (Å²) >= 11 is 0. The fraction of sp³-hybridized carbons (Fsp3) is 0.462. The number of ether oxygens (including phenoxy) is 2. The number of fused-ring (bicyclic) bond motifs is 3. The molecular formula is C26H24F8N2O5. The van der Waals surface area contributed by atoms with Gasteiger partial charge in [0.25, 0.3) is 11.8 Å². The number of carbonyl (C=O) groups excluding carboxylic acids is 2. The van der Waals surface area contributed by atoms with Crippen molar-refractivity contribution in [3.63, 3.8) is 0 Å². The third-order valence-corrected chi connectivity index (χ3v) is 7.34. The van der Waals surface area contributed by atoms with Gasteiger partial charge < -0.3 is 25.2 Å². The molecule has 5 rings (SSSR count). The van der Waals surface area contributed by atoms with Crippen molar-refractivity contribution in [1.29, 1.82) is 0 Å². The Balaban J connectivity index is 1.29. The molecule has 3 N–H and O–H groups in total. The molecular weight excluding hydrogens is 572 g/mol. The largest absolute Gasteiger partial charge is 0.484 e. The number of hydrogen-bond donors (Lipinski definition) is 3. The van der Waals surface area contributed by atoms with E-state index in [1.807, 2.05) is 0 Å². The molecule has 0 unspecified atom stereocenters. The minimum atomic E-state index is -4.95. The van der Waals surface area contributed by atoms with Crippen molar-refractivity contribution in [3.8, 4) is 11.5 Å². The molecule has 3 fully saturated rings. The van der Waals surface area contributed by atoms with Crippen molar-refractivity contribution < 1.29 is 59.3 Å². The third-order valence-electron chi connectivity index (χ3n) is 7.34. The van der Waals surface area contributed by atoms with Crippen LogP contribution in [0.5, 0.6) is 11.5 Å². The van der Waals surface area contributed by atoms with Gasteiger partial charge >= 0.3 is 12.4 Å². The van der Waals surface area contributed by atoms with Gasteiger partial charge in [-0.2, -0.15) is 26.3 Å². The minimum absolute atomic E-state index is 0.0293. The van der Waals surface area contributed by atoms with Gasteiger partial charge in [-0.3, -0.25) is 9.59 Å². The van der Waals surface area contributed by atoms with E-state index in [9.17, 15) is 49.8 Å². The van der Waals surface area contributed by atoms with Crippen LogP contribution in [0.3, 0.4) is 0 Å². The predicted molar refractivity (Wildman–Crippen MR) is 125 cm³/mol. The van der Waals surface area contributed by atoms with E-state index in [0.29, 0.717) is 37.1 Å². The molecule has 0 radical (unpaired) electrons. The average Bonchev–Trinajstić information content (AvgIpc) is 2.87. The van der Waals surface area contributed by atoms with E-state index in [1.54, 1.807) is 0 Å². The molecule has 2 aromatic carbocycles. The quantitative estimate of drug-likeness (QED) is 0.390. The smallest absolute Gasteiger partial charge is 0.419 e. The van der Waals surface area contributed by atoms with E-state index < -0.39 is 77.3 Å². The monoisotopic (exact) mass is 596 g/mol. The number of hydrogen-bond acceptors (Lipinski definition) is 5. The first-order chi connectivity index (χ1) is 19.0. The predicted octanol–water partition coefficient (Wildman–Crippen LogP) is 4.51.